The first kappa shape index (κ1) is 10.2. The van der Waals surface area contributed by atoms with Gasteiger partial charge in [-0.2, -0.15) is 0 Å². The molecule has 15 heavy (non-hydrogen) atoms. The molecule has 1 atom stereocenters. The Labute approximate surface area is 90.2 Å². The molecule has 2 nitrogen and oxygen atoms in total. The zero-order chi connectivity index (χ0) is 11.1. The van der Waals surface area contributed by atoms with Gasteiger partial charge in [0.2, 0.25) is 0 Å². The Morgan fingerprint density at radius 3 is 2.13 bits per heavy atom. The summed E-state index contributed by atoms with van der Waals surface area (Å²) >= 11 is 0. The number of benzene rings is 1. The van der Waals surface area contributed by atoms with Crippen LogP contribution in [0.4, 0.5) is 0 Å². The average molecular weight is 204 g/mol. The number of aliphatic hydroxyl groups is 1. The van der Waals surface area contributed by atoms with Crippen molar-refractivity contribution in [2.24, 2.45) is 5.41 Å². The maximum atomic E-state index is 10.1. The van der Waals surface area contributed by atoms with E-state index in [2.05, 4.69) is 19.9 Å². The second-order valence-corrected chi connectivity index (χ2v) is 4.50. The SMILES string of the molecule is COc1ccc(C(O)C2=CC2(C)C)cc1. The van der Waals surface area contributed by atoms with Crippen LogP contribution in [-0.4, -0.2) is 12.2 Å². The van der Waals surface area contributed by atoms with Gasteiger partial charge in [0.25, 0.3) is 0 Å². The third-order valence-electron chi connectivity index (χ3n) is 2.90. The van der Waals surface area contributed by atoms with Gasteiger partial charge in [0, 0.05) is 5.41 Å². The summed E-state index contributed by atoms with van der Waals surface area (Å²) in [6, 6.07) is 7.54. The molecule has 1 aromatic carbocycles. The minimum atomic E-state index is -0.467. The molecule has 0 fully saturated rings. The minimum absolute atomic E-state index is 0.0966. The van der Waals surface area contributed by atoms with E-state index in [0.717, 1.165) is 16.9 Å². The number of rotatable bonds is 3. The first-order chi connectivity index (χ1) is 7.04. The highest BCUT2D eigenvalue weighted by Crippen LogP contribution is 2.49. The van der Waals surface area contributed by atoms with Crippen LogP contribution in [0.2, 0.25) is 0 Å². The van der Waals surface area contributed by atoms with Gasteiger partial charge < -0.3 is 9.84 Å². The zero-order valence-corrected chi connectivity index (χ0v) is 9.32. The Morgan fingerprint density at radius 2 is 1.73 bits per heavy atom. The van der Waals surface area contributed by atoms with Crippen LogP contribution < -0.4 is 4.74 Å². The van der Waals surface area contributed by atoms with Crippen molar-refractivity contribution in [2.75, 3.05) is 7.11 Å². The van der Waals surface area contributed by atoms with Gasteiger partial charge in [-0.1, -0.05) is 32.1 Å². The summed E-state index contributed by atoms with van der Waals surface area (Å²) in [7, 11) is 1.64. The van der Waals surface area contributed by atoms with Gasteiger partial charge in [-0.3, -0.25) is 0 Å². The van der Waals surface area contributed by atoms with Gasteiger partial charge in [0.05, 0.1) is 7.11 Å². The lowest BCUT2D eigenvalue weighted by atomic mass is 9.98. The molecule has 80 valence electrons. The van der Waals surface area contributed by atoms with Crippen molar-refractivity contribution in [2.45, 2.75) is 20.0 Å². The highest BCUT2D eigenvalue weighted by molar-refractivity contribution is 5.44. The van der Waals surface area contributed by atoms with Crippen LogP contribution in [0.3, 0.4) is 0 Å². The van der Waals surface area contributed by atoms with E-state index in [1.54, 1.807) is 7.11 Å². The normalized spacial score (nSPS) is 19.3. The molecule has 2 rings (SSSR count). The standard InChI is InChI=1S/C13H16O2/c1-13(2)8-11(13)12(14)9-4-6-10(15-3)7-5-9/h4-8,12,14H,1-3H3. The summed E-state index contributed by atoms with van der Waals surface area (Å²) in [5.41, 5.74) is 2.12. The minimum Gasteiger partial charge on any atom is -0.497 e. The predicted molar refractivity (Wildman–Crippen MR) is 59.8 cm³/mol. The first-order valence-corrected chi connectivity index (χ1v) is 5.10. The lowest BCUT2D eigenvalue weighted by molar-refractivity contribution is 0.211. The lowest BCUT2D eigenvalue weighted by Gasteiger charge is -2.12. The quantitative estimate of drug-likeness (QED) is 0.767. The monoisotopic (exact) mass is 204 g/mol. The molecular weight excluding hydrogens is 188 g/mol. The number of hydrogen-bond donors (Lipinski definition) is 1. The molecule has 1 N–H and O–H groups in total. The molecule has 0 radical (unpaired) electrons. The van der Waals surface area contributed by atoms with Gasteiger partial charge in [0.1, 0.15) is 11.9 Å². The van der Waals surface area contributed by atoms with Crippen molar-refractivity contribution in [3.05, 3.63) is 41.5 Å². The summed E-state index contributed by atoms with van der Waals surface area (Å²) in [5.74, 6) is 0.815. The van der Waals surface area contributed by atoms with Crippen molar-refractivity contribution in [1.29, 1.82) is 0 Å². The molecule has 0 aromatic heterocycles. The summed E-state index contributed by atoms with van der Waals surface area (Å²) in [4.78, 5) is 0. The van der Waals surface area contributed by atoms with Gasteiger partial charge in [-0.25, -0.2) is 0 Å². The van der Waals surface area contributed by atoms with Crippen molar-refractivity contribution in [3.63, 3.8) is 0 Å². The molecule has 0 aliphatic heterocycles. The van der Waals surface area contributed by atoms with Crippen molar-refractivity contribution >= 4 is 0 Å². The van der Waals surface area contributed by atoms with Crippen LogP contribution in [-0.2, 0) is 0 Å². The van der Waals surface area contributed by atoms with Crippen molar-refractivity contribution in [3.8, 4) is 5.75 Å². The largest absolute Gasteiger partial charge is 0.497 e. The van der Waals surface area contributed by atoms with E-state index in [4.69, 9.17) is 4.74 Å². The molecule has 1 aliphatic carbocycles. The maximum Gasteiger partial charge on any atom is 0.118 e. The molecule has 2 heteroatoms. The van der Waals surface area contributed by atoms with E-state index in [0.29, 0.717) is 0 Å². The Hall–Kier alpha value is -1.28. The smallest absolute Gasteiger partial charge is 0.118 e. The molecule has 1 aromatic rings. The Bertz CT molecular complexity index is 388. The van der Waals surface area contributed by atoms with E-state index in [9.17, 15) is 5.11 Å². The maximum absolute atomic E-state index is 10.1. The highest BCUT2D eigenvalue weighted by Gasteiger charge is 2.38. The molecule has 0 saturated heterocycles. The molecule has 0 amide bonds. The average Bonchev–Trinajstić information content (AvgIpc) is 2.87. The first-order valence-electron chi connectivity index (χ1n) is 5.10. The van der Waals surface area contributed by atoms with Crippen LogP contribution >= 0.6 is 0 Å². The second-order valence-electron chi connectivity index (χ2n) is 4.50. The summed E-state index contributed by atoms with van der Waals surface area (Å²) in [5, 5.41) is 10.1. The topological polar surface area (TPSA) is 29.5 Å². The summed E-state index contributed by atoms with van der Waals surface area (Å²) in [6.07, 6.45) is 1.63. The molecule has 0 heterocycles. The molecule has 0 saturated carbocycles. The number of allylic oxidation sites excluding steroid dienone is 1. The molecule has 1 unspecified atom stereocenters. The van der Waals surface area contributed by atoms with E-state index in [-0.39, 0.29) is 5.41 Å². The summed E-state index contributed by atoms with van der Waals surface area (Å²) in [6.45, 7) is 4.21. The summed E-state index contributed by atoms with van der Waals surface area (Å²) < 4.78 is 5.07. The molecular formula is C13H16O2. The van der Waals surface area contributed by atoms with Crippen LogP contribution in [0.15, 0.2) is 35.9 Å². The van der Waals surface area contributed by atoms with Crippen molar-refractivity contribution in [1.82, 2.24) is 0 Å². The second kappa shape index (κ2) is 3.38. The highest BCUT2D eigenvalue weighted by atomic mass is 16.5. The van der Waals surface area contributed by atoms with Crippen molar-refractivity contribution < 1.29 is 9.84 Å². The van der Waals surface area contributed by atoms with E-state index < -0.39 is 6.10 Å². The van der Waals surface area contributed by atoms with Crippen LogP contribution in [0.25, 0.3) is 0 Å². The number of hydrogen-bond acceptors (Lipinski definition) is 2. The van der Waals surface area contributed by atoms with E-state index in [1.807, 2.05) is 24.3 Å². The fourth-order valence-corrected chi connectivity index (χ4v) is 1.75. The third kappa shape index (κ3) is 1.90. The van der Waals surface area contributed by atoms with Crippen LogP contribution in [0, 0.1) is 5.41 Å². The van der Waals surface area contributed by atoms with E-state index >= 15 is 0 Å². The predicted octanol–water partition coefficient (Wildman–Crippen LogP) is 2.69. The van der Waals surface area contributed by atoms with Gasteiger partial charge >= 0.3 is 0 Å². The Kier molecular flexibility index (Phi) is 2.31. The van der Waals surface area contributed by atoms with Gasteiger partial charge in [-0.05, 0) is 23.3 Å². The number of aliphatic hydroxyl groups excluding tert-OH is 1. The number of methoxy groups -OCH3 is 1. The lowest BCUT2D eigenvalue weighted by Crippen LogP contribution is -2.02. The van der Waals surface area contributed by atoms with Gasteiger partial charge in [0.15, 0.2) is 0 Å². The van der Waals surface area contributed by atoms with Crippen LogP contribution in [0.1, 0.15) is 25.5 Å². The van der Waals surface area contributed by atoms with Gasteiger partial charge in [-0.15, -0.1) is 0 Å². The van der Waals surface area contributed by atoms with Crippen LogP contribution in [0.5, 0.6) is 5.75 Å². The molecule has 0 spiro atoms. The molecule has 1 aliphatic rings. The zero-order valence-electron chi connectivity index (χ0n) is 9.32. The fraction of sp³-hybridized carbons (Fsp3) is 0.385. The van der Waals surface area contributed by atoms with E-state index in [1.165, 1.54) is 0 Å². The Morgan fingerprint density at radius 1 is 1.20 bits per heavy atom. The number of ether oxygens (including phenoxy) is 1. The fourth-order valence-electron chi connectivity index (χ4n) is 1.75. The third-order valence-corrected chi connectivity index (χ3v) is 2.90. The molecule has 0 bridgehead atoms. The Balaban J connectivity index is 2.13.